The van der Waals surface area contributed by atoms with E-state index in [0.29, 0.717) is 0 Å². The fourth-order valence-corrected chi connectivity index (χ4v) is 1.68. The highest BCUT2D eigenvalue weighted by Crippen LogP contribution is 2.18. The zero-order valence-electron chi connectivity index (χ0n) is 10.5. The Morgan fingerprint density at radius 1 is 1.18 bits per heavy atom. The third-order valence-electron chi connectivity index (χ3n) is 2.85. The van der Waals surface area contributed by atoms with Gasteiger partial charge in [0.05, 0.1) is 12.6 Å². The molecule has 0 aliphatic heterocycles. The molecule has 1 N–H and O–H groups in total. The van der Waals surface area contributed by atoms with Crippen LogP contribution in [0.4, 0.5) is 8.78 Å². The van der Waals surface area contributed by atoms with Gasteiger partial charge in [-0.1, -0.05) is 18.2 Å². The van der Waals surface area contributed by atoms with Crippen molar-refractivity contribution in [3.8, 4) is 0 Å². The number of halogens is 2. The van der Waals surface area contributed by atoms with Crippen molar-refractivity contribution < 1.29 is 13.9 Å². The Morgan fingerprint density at radius 2 is 1.82 bits per heavy atom. The molecule has 0 aliphatic carbocycles. The van der Waals surface area contributed by atoms with Crippen molar-refractivity contribution in [3.05, 3.63) is 34.9 Å². The number of aliphatic hydroxyl groups is 1. The second kappa shape index (κ2) is 6.07. The number of hydrogen-bond donors (Lipinski definition) is 1. The van der Waals surface area contributed by atoms with Gasteiger partial charge in [-0.15, -0.1) is 0 Å². The Morgan fingerprint density at radius 3 is 2.35 bits per heavy atom. The normalized spacial score (nSPS) is 13.4. The van der Waals surface area contributed by atoms with Gasteiger partial charge in [0.25, 0.3) is 6.43 Å². The lowest BCUT2D eigenvalue weighted by Gasteiger charge is -2.20. The SMILES string of the molecule is Cc1ccc(C(O)CN(C)CC(F)F)cc1C. The molecule has 0 radical (unpaired) electrons. The van der Waals surface area contributed by atoms with E-state index in [0.717, 1.165) is 16.7 Å². The maximum absolute atomic E-state index is 12.1. The lowest BCUT2D eigenvalue weighted by Crippen LogP contribution is -2.29. The standard InChI is InChI=1S/C13H19F2NO/c1-9-4-5-11(6-10(9)2)12(17)7-16(3)8-13(14)15/h4-6,12-13,17H,7-8H2,1-3H3. The van der Waals surface area contributed by atoms with Gasteiger partial charge >= 0.3 is 0 Å². The maximum Gasteiger partial charge on any atom is 0.251 e. The zero-order chi connectivity index (χ0) is 13.0. The van der Waals surface area contributed by atoms with E-state index < -0.39 is 12.5 Å². The van der Waals surface area contributed by atoms with Crippen molar-refractivity contribution in [2.24, 2.45) is 0 Å². The van der Waals surface area contributed by atoms with Gasteiger partial charge in [-0.05, 0) is 37.6 Å². The molecule has 1 atom stereocenters. The predicted molar refractivity (Wildman–Crippen MR) is 64.4 cm³/mol. The van der Waals surface area contributed by atoms with E-state index in [1.807, 2.05) is 32.0 Å². The molecule has 1 aromatic rings. The van der Waals surface area contributed by atoms with Gasteiger partial charge in [-0.25, -0.2) is 8.78 Å². The summed E-state index contributed by atoms with van der Waals surface area (Å²) in [6, 6.07) is 5.67. The molecule has 17 heavy (non-hydrogen) atoms. The van der Waals surface area contributed by atoms with Crippen molar-refractivity contribution in [3.63, 3.8) is 0 Å². The second-order valence-electron chi connectivity index (χ2n) is 4.47. The molecule has 0 amide bonds. The molecular weight excluding hydrogens is 224 g/mol. The third-order valence-corrected chi connectivity index (χ3v) is 2.85. The molecule has 0 heterocycles. The molecule has 0 saturated heterocycles. The monoisotopic (exact) mass is 243 g/mol. The van der Waals surface area contributed by atoms with Crippen LogP contribution in [0.25, 0.3) is 0 Å². The zero-order valence-corrected chi connectivity index (χ0v) is 10.5. The Bertz CT molecular complexity index is 368. The molecule has 1 aromatic carbocycles. The first-order valence-corrected chi connectivity index (χ1v) is 5.62. The summed E-state index contributed by atoms with van der Waals surface area (Å²) < 4.78 is 24.3. The van der Waals surface area contributed by atoms with Crippen molar-refractivity contribution >= 4 is 0 Å². The molecule has 0 aromatic heterocycles. The van der Waals surface area contributed by atoms with Gasteiger partial charge in [0.1, 0.15) is 0 Å². The van der Waals surface area contributed by atoms with Crippen LogP contribution in [0, 0.1) is 13.8 Å². The number of benzene rings is 1. The average molecular weight is 243 g/mol. The largest absolute Gasteiger partial charge is 0.387 e. The first-order valence-electron chi connectivity index (χ1n) is 5.62. The highest BCUT2D eigenvalue weighted by molar-refractivity contribution is 5.31. The van der Waals surface area contributed by atoms with E-state index in [-0.39, 0.29) is 13.1 Å². The summed E-state index contributed by atoms with van der Waals surface area (Å²) in [6.45, 7) is 3.86. The van der Waals surface area contributed by atoms with Crippen LogP contribution in [0.15, 0.2) is 18.2 Å². The summed E-state index contributed by atoms with van der Waals surface area (Å²) in [4.78, 5) is 1.44. The fourth-order valence-electron chi connectivity index (χ4n) is 1.68. The smallest absolute Gasteiger partial charge is 0.251 e. The van der Waals surface area contributed by atoms with E-state index in [4.69, 9.17) is 0 Å². The predicted octanol–water partition coefficient (Wildman–Crippen LogP) is 2.53. The van der Waals surface area contributed by atoms with Crippen molar-refractivity contribution in [1.29, 1.82) is 0 Å². The summed E-state index contributed by atoms with van der Waals surface area (Å²) in [7, 11) is 1.58. The second-order valence-corrected chi connectivity index (χ2v) is 4.47. The number of hydrogen-bond acceptors (Lipinski definition) is 2. The molecule has 4 heteroatoms. The van der Waals surface area contributed by atoms with Crippen molar-refractivity contribution in [2.75, 3.05) is 20.1 Å². The Labute approximate surface area is 101 Å². The number of alkyl halides is 2. The first kappa shape index (κ1) is 14.1. The minimum Gasteiger partial charge on any atom is -0.387 e. The van der Waals surface area contributed by atoms with E-state index in [9.17, 15) is 13.9 Å². The molecule has 0 spiro atoms. The number of aliphatic hydroxyl groups excluding tert-OH is 1. The van der Waals surface area contributed by atoms with E-state index in [2.05, 4.69) is 0 Å². The Balaban J connectivity index is 2.63. The fraction of sp³-hybridized carbons (Fsp3) is 0.538. The van der Waals surface area contributed by atoms with Gasteiger partial charge in [-0.2, -0.15) is 0 Å². The molecule has 0 fully saturated rings. The van der Waals surface area contributed by atoms with Crippen LogP contribution in [0.1, 0.15) is 22.8 Å². The summed E-state index contributed by atoms with van der Waals surface area (Å²) >= 11 is 0. The molecule has 0 saturated carbocycles. The van der Waals surface area contributed by atoms with Gasteiger partial charge in [0, 0.05) is 6.54 Å². The summed E-state index contributed by atoms with van der Waals surface area (Å²) in [6.07, 6.45) is -3.09. The summed E-state index contributed by atoms with van der Waals surface area (Å²) in [5.41, 5.74) is 3.02. The molecule has 0 aliphatic rings. The van der Waals surface area contributed by atoms with Crippen LogP contribution in [0.2, 0.25) is 0 Å². The lowest BCUT2D eigenvalue weighted by molar-refractivity contribution is 0.0680. The number of nitrogens with zero attached hydrogens (tertiary/aromatic N) is 1. The van der Waals surface area contributed by atoms with Crippen LogP contribution in [-0.2, 0) is 0 Å². The highest BCUT2D eigenvalue weighted by Gasteiger charge is 2.14. The van der Waals surface area contributed by atoms with Crippen LogP contribution in [0.5, 0.6) is 0 Å². The molecule has 96 valence electrons. The molecule has 1 rings (SSSR count). The minimum absolute atomic E-state index is 0.215. The Hall–Kier alpha value is -1.00. The minimum atomic E-state index is -2.37. The quantitative estimate of drug-likeness (QED) is 0.859. The number of likely N-dealkylation sites (N-methyl/N-ethyl adjacent to an activating group) is 1. The van der Waals surface area contributed by atoms with Crippen LogP contribution in [0.3, 0.4) is 0 Å². The van der Waals surface area contributed by atoms with Crippen LogP contribution in [-0.4, -0.2) is 36.6 Å². The van der Waals surface area contributed by atoms with Crippen LogP contribution < -0.4 is 0 Å². The number of aryl methyl sites for hydroxylation is 2. The van der Waals surface area contributed by atoms with Crippen LogP contribution >= 0.6 is 0 Å². The van der Waals surface area contributed by atoms with Gasteiger partial charge < -0.3 is 5.11 Å². The summed E-state index contributed by atoms with van der Waals surface area (Å²) in [5.74, 6) is 0. The lowest BCUT2D eigenvalue weighted by atomic mass is 10.0. The molecule has 2 nitrogen and oxygen atoms in total. The van der Waals surface area contributed by atoms with Gasteiger partial charge in [0.2, 0.25) is 0 Å². The maximum atomic E-state index is 12.1. The van der Waals surface area contributed by atoms with E-state index in [1.165, 1.54) is 4.90 Å². The van der Waals surface area contributed by atoms with E-state index in [1.54, 1.807) is 7.05 Å². The van der Waals surface area contributed by atoms with Crippen molar-refractivity contribution in [1.82, 2.24) is 4.90 Å². The van der Waals surface area contributed by atoms with E-state index >= 15 is 0 Å². The Kier molecular flexibility index (Phi) is 5.02. The molecular formula is C13H19F2NO. The van der Waals surface area contributed by atoms with Crippen molar-refractivity contribution in [2.45, 2.75) is 26.4 Å². The third kappa shape index (κ3) is 4.40. The first-order chi connectivity index (χ1) is 7.90. The molecule has 1 unspecified atom stereocenters. The molecule has 0 bridgehead atoms. The topological polar surface area (TPSA) is 23.5 Å². The number of rotatable bonds is 5. The highest BCUT2D eigenvalue weighted by atomic mass is 19.3. The summed E-state index contributed by atoms with van der Waals surface area (Å²) in [5, 5.41) is 9.93. The average Bonchev–Trinajstić information content (AvgIpc) is 2.20. The van der Waals surface area contributed by atoms with Gasteiger partial charge in [-0.3, -0.25) is 4.90 Å². The van der Waals surface area contributed by atoms with Gasteiger partial charge in [0.15, 0.2) is 0 Å².